The summed E-state index contributed by atoms with van der Waals surface area (Å²) in [7, 11) is 1.48. The SMILES string of the molecule is C=CCOc1c(C=Nn2c(=O)[nH]c3ccccc3c2=O)cc(Cl)cc1OC. The lowest BCUT2D eigenvalue weighted by atomic mass is 10.2. The predicted octanol–water partition coefficient (Wildman–Crippen LogP) is 2.80. The van der Waals surface area contributed by atoms with Crippen LogP contribution in [0, 0.1) is 0 Å². The van der Waals surface area contributed by atoms with Crippen LogP contribution in [-0.4, -0.2) is 29.6 Å². The molecule has 138 valence electrons. The second kappa shape index (κ2) is 7.92. The Balaban J connectivity index is 2.12. The van der Waals surface area contributed by atoms with Crippen molar-refractivity contribution in [2.24, 2.45) is 5.10 Å². The number of methoxy groups -OCH3 is 1. The molecule has 3 aromatic rings. The Morgan fingerprint density at radius 3 is 2.81 bits per heavy atom. The van der Waals surface area contributed by atoms with E-state index in [0.29, 0.717) is 33.0 Å². The Kier molecular flexibility index (Phi) is 5.42. The van der Waals surface area contributed by atoms with Gasteiger partial charge >= 0.3 is 5.69 Å². The molecule has 0 unspecified atom stereocenters. The first-order valence-corrected chi connectivity index (χ1v) is 8.32. The summed E-state index contributed by atoms with van der Waals surface area (Å²) < 4.78 is 11.6. The van der Waals surface area contributed by atoms with Crippen molar-refractivity contribution in [3.05, 3.63) is 80.5 Å². The number of hydrogen-bond acceptors (Lipinski definition) is 5. The van der Waals surface area contributed by atoms with Crippen molar-refractivity contribution in [1.82, 2.24) is 9.66 Å². The van der Waals surface area contributed by atoms with Crippen molar-refractivity contribution >= 4 is 28.7 Å². The summed E-state index contributed by atoms with van der Waals surface area (Å²) in [5, 5.41) is 4.76. The van der Waals surface area contributed by atoms with Gasteiger partial charge in [-0.15, -0.1) is 4.68 Å². The van der Waals surface area contributed by atoms with E-state index in [4.69, 9.17) is 21.1 Å². The van der Waals surface area contributed by atoms with E-state index in [9.17, 15) is 9.59 Å². The molecule has 1 aromatic heterocycles. The van der Waals surface area contributed by atoms with Gasteiger partial charge in [0.2, 0.25) is 0 Å². The first-order chi connectivity index (χ1) is 13.0. The molecule has 0 aliphatic rings. The van der Waals surface area contributed by atoms with Crippen LogP contribution in [0.1, 0.15) is 5.56 Å². The van der Waals surface area contributed by atoms with Crippen molar-refractivity contribution in [2.75, 3.05) is 13.7 Å². The number of H-pyrrole nitrogens is 1. The normalized spacial score (nSPS) is 11.0. The number of nitrogens with one attached hydrogen (secondary N) is 1. The minimum absolute atomic E-state index is 0.231. The molecular formula is C19H16ClN3O4. The first kappa shape index (κ1) is 18.5. The van der Waals surface area contributed by atoms with Gasteiger partial charge in [-0.05, 0) is 18.2 Å². The molecule has 1 heterocycles. The molecule has 0 bridgehead atoms. The zero-order valence-electron chi connectivity index (χ0n) is 14.4. The molecule has 0 spiro atoms. The summed E-state index contributed by atoms with van der Waals surface area (Å²) in [6.45, 7) is 3.84. The van der Waals surface area contributed by atoms with E-state index >= 15 is 0 Å². The average Bonchev–Trinajstić information content (AvgIpc) is 2.66. The topological polar surface area (TPSA) is 85.7 Å². The Morgan fingerprint density at radius 2 is 2.07 bits per heavy atom. The van der Waals surface area contributed by atoms with E-state index < -0.39 is 11.2 Å². The number of para-hydroxylation sites is 1. The molecule has 0 aliphatic heterocycles. The summed E-state index contributed by atoms with van der Waals surface area (Å²) in [5.74, 6) is 0.765. The van der Waals surface area contributed by atoms with Crippen LogP contribution in [-0.2, 0) is 0 Å². The fourth-order valence-electron chi connectivity index (χ4n) is 2.51. The van der Waals surface area contributed by atoms with Crippen LogP contribution in [0.15, 0.2) is 63.7 Å². The fraction of sp³-hybridized carbons (Fsp3) is 0.105. The monoisotopic (exact) mass is 385 g/mol. The van der Waals surface area contributed by atoms with Gasteiger partial charge in [-0.3, -0.25) is 4.79 Å². The molecule has 0 saturated carbocycles. The van der Waals surface area contributed by atoms with Crippen molar-refractivity contribution < 1.29 is 9.47 Å². The Hall–Kier alpha value is -3.32. The summed E-state index contributed by atoms with van der Waals surface area (Å²) in [6, 6.07) is 9.88. The Morgan fingerprint density at radius 1 is 1.30 bits per heavy atom. The molecule has 27 heavy (non-hydrogen) atoms. The number of aromatic nitrogens is 2. The van der Waals surface area contributed by atoms with Crippen LogP contribution < -0.4 is 20.7 Å². The van der Waals surface area contributed by atoms with Gasteiger partial charge in [0.25, 0.3) is 5.56 Å². The molecular weight excluding hydrogens is 370 g/mol. The van der Waals surface area contributed by atoms with E-state index in [-0.39, 0.29) is 6.61 Å². The smallest absolute Gasteiger partial charge is 0.349 e. The van der Waals surface area contributed by atoms with E-state index in [1.807, 2.05) is 0 Å². The number of benzene rings is 2. The number of hydrogen-bond donors (Lipinski definition) is 1. The minimum Gasteiger partial charge on any atom is -0.493 e. The third-order valence-corrected chi connectivity index (χ3v) is 3.93. The van der Waals surface area contributed by atoms with E-state index in [0.717, 1.165) is 4.68 Å². The van der Waals surface area contributed by atoms with Crippen LogP contribution in [0.2, 0.25) is 5.02 Å². The molecule has 0 aliphatic carbocycles. The van der Waals surface area contributed by atoms with Crippen LogP contribution in [0.25, 0.3) is 10.9 Å². The third-order valence-electron chi connectivity index (χ3n) is 3.71. The second-order valence-corrected chi connectivity index (χ2v) is 5.90. The molecule has 1 N–H and O–H groups in total. The van der Waals surface area contributed by atoms with Gasteiger partial charge in [0, 0.05) is 16.7 Å². The number of nitrogens with zero attached hydrogens (tertiary/aromatic N) is 2. The van der Waals surface area contributed by atoms with E-state index in [1.165, 1.54) is 13.3 Å². The number of halogens is 1. The molecule has 0 saturated heterocycles. The van der Waals surface area contributed by atoms with Crippen molar-refractivity contribution in [3.63, 3.8) is 0 Å². The number of ether oxygens (including phenoxy) is 2. The molecule has 8 heteroatoms. The van der Waals surface area contributed by atoms with Crippen LogP contribution >= 0.6 is 11.6 Å². The van der Waals surface area contributed by atoms with E-state index in [1.54, 1.807) is 42.5 Å². The zero-order chi connectivity index (χ0) is 19.4. The first-order valence-electron chi connectivity index (χ1n) is 7.95. The van der Waals surface area contributed by atoms with Gasteiger partial charge in [-0.25, -0.2) is 4.79 Å². The highest BCUT2D eigenvalue weighted by molar-refractivity contribution is 6.31. The lowest BCUT2D eigenvalue weighted by Crippen LogP contribution is -2.32. The van der Waals surface area contributed by atoms with Gasteiger partial charge in [-0.2, -0.15) is 5.10 Å². The minimum atomic E-state index is -0.655. The summed E-state index contributed by atoms with van der Waals surface area (Å²) in [4.78, 5) is 27.4. The van der Waals surface area contributed by atoms with Gasteiger partial charge in [-0.1, -0.05) is 36.4 Å². The maximum Gasteiger partial charge on any atom is 0.349 e. The highest BCUT2D eigenvalue weighted by Crippen LogP contribution is 2.33. The highest BCUT2D eigenvalue weighted by atomic mass is 35.5. The molecule has 3 rings (SSSR count). The summed E-state index contributed by atoms with van der Waals surface area (Å²) >= 11 is 6.10. The molecule has 2 aromatic carbocycles. The predicted molar refractivity (Wildman–Crippen MR) is 106 cm³/mol. The Bertz CT molecular complexity index is 1150. The zero-order valence-corrected chi connectivity index (χ0v) is 15.2. The lowest BCUT2D eigenvalue weighted by Gasteiger charge is -2.12. The molecule has 0 radical (unpaired) electrons. The fourth-order valence-corrected chi connectivity index (χ4v) is 2.73. The quantitative estimate of drug-likeness (QED) is 0.522. The van der Waals surface area contributed by atoms with Gasteiger partial charge in [0.1, 0.15) is 6.61 Å². The van der Waals surface area contributed by atoms with Gasteiger partial charge < -0.3 is 14.5 Å². The van der Waals surface area contributed by atoms with Gasteiger partial charge in [0.15, 0.2) is 11.5 Å². The molecule has 0 fully saturated rings. The molecule has 0 atom stereocenters. The standard InChI is InChI=1S/C19H16ClN3O4/c1-3-8-27-17-12(9-13(20)10-16(17)26-2)11-21-23-18(24)14-6-4-5-7-15(14)22-19(23)25/h3-7,9-11H,1,8H2,2H3,(H,22,25). The third kappa shape index (κ3) is 3.78. The van der Waals surface area contributed by atoms with Crippen molar-refractivity contribution in [1.29, 1.82) is 0 Å². The lowest BCUT2D eigenvalue weighted by molar-refractivity contribution is 0.326. The van der Waals surface area contributed by atoms with Gasteiger partial charge in [0.05, 0.1) is 24.2 Å². The number of fused-ring (bicyclic) bond motifs is 1. The maximum absolute atomic E-state index is 12.6. The van der Waals surface area contributed by atoms with Crippen molar-refractivity contribution in [3.8, 4) is 11.5 Å². The number of rotatable bonds is 6. The largest absolute Gasteiger partial charge is 0.493 e. The second-order valence-electron chi connectivity index (χ2n) is 5.46. The number of aromatic amines is 1. The van der Waals surface area contributed by atoms with Crippen molar-refractivity contribution in [2.45, 2.75) is 0 Å². The summed E-state index contributed by atoms with van der Waals surface area (Å²) in [6.07, 6.45) is 2.89. The highest BCUT2D eigenvalue weighted by Gasteiger charge is 2.12. The maximum atomic E-state index is 12.6. The van der Waals surface area contributed by atoms with Crippen LogP contribution in [0.5, 0.6) is 11.5 Å². The Labute approximate surface area is 159 Å². The molecule has 7 nitrogen and oxygen atoms in total. The molecule has 0 amide bonds. The van der Waals surface area contributed by atoms with Crippen LogP contribution in [0.4, 0.5) is 0 Å². The van der Waals surface area contributed by atoms with Crippen LogP contribution in [0.3, 0.4) is 0 Å². The van der Waals surface area contributed by atoms with E-state index in [2.05, 4.69) is 16.7 Å². The summed E-state index contributed by atoms with van der Waals surface area (Å²) in [5.41, 5.74) is -0.301. The average molecular weight is 386 g/mol.